The van der Waals surface area contributed by atoms with Crippen LogP contribution >= 0.6 is 0 Å². The number of hydrogen-bond donors (Lipinski definition) is 6. The number of rotatable bonds is 9. The number of allylic oxidation sites excluding steroid dienone is 8. The predicted molar refractivity (Wildman–Crippen MR) is 208 cm³/mol. The molecule has 0 saturated carbocycles. The van der Waals surface area contributed by atoms with Crippen molar-refractivity contribution in [3.8, 4) is 0 Å². The molecular formula is C41H48N8O2. The zero-order valence-electron chi connectivity index (χ0n) is 28.8. The fourth-order valence-corrected chi connectivity index (χ4v) is 7.34. The molecule has 10 N–H and O–H groups in total. The molecule has 10 heteroatoms. The summed E-state index contributed by atoms with van der Waals surface area (Å²) >= 11 is 0. The molecule has 10 nitrogen and oxygen atoms in total. The highest BCUT2D eigenvalue weighted by Gasteiger charge is 2.27. The first-order chi connectivity index (χ1) is 24.8. The highest BCUT2D eigenvalue weighted by molar-refractivity contribution is 6.07. The van der Waals surface area contributed by atoms with E-state index in [1.807, 2.05) is 85.0 Å². The number of anilines is 5. The first-order valence-corrected chi connectivity index (χ1v) is 17.8. The van der Waals surface area contributed by atoms with Crippen LogP contribution < -0.4 is 43.4 Å². The van der Waals surface area contributed by atoms with E-state index in [1.54, 1.807) is 0 Å². The molecule has 3 aromatic carbocycles. The Hall–Kier alpha value is -5.13. The van der Waals surface area contributed by atoms with E-state index >= 15 is 0 Å². The van der Waals surface area contributed by atoms with Gasteiger partial charge >= 0.3 is 0 Å². The molecule has 2 fully saturated rings. The third-order valence-electron chi connectivity index (χ3n) is 9.72. The number of ether oxygens (including phenoxy) is 1. The van der Waals surface area contributed by atoms with Crippen LogP contribution in [0.3, 0.4) is 0 Å². The molecule has 7 rings (SSSR count). The molecule has 3 aromatic rings. The smallest absolute Gasteiger partial charge is 0.259 e. The van der Waals surface area contributed by atoms with Gasteiger partial charge in [-0.3, -0.25) is 4.79 Å². The summed E-state index contributed by atoms with van der Waals surface area (Å²) in [7, 11) is 0. The Morgan fingerprint density at radius 1 is 0.706 bits per heavy atom. The lowest BCUT2D eigenvalue weighted by atomic mass is 9.92. The molecule has 2 aliphatic carbocycles. The number of hydrogen-bond acceptors (Lipinski definition) is 9. The quantitative estimate of drug-likeness (QED) is 0.186. The molecule has 5 unspecified atom stereocenters. The highest BCUT2D eigenvalue weighted by atomic mass is 16.5. The number of amides is 1. The van der Waals surface area contributed by atoms with E-state index in [0.29, 0.717) is 23.6 Å². The lowest BCUT2D eigenvalue weighted by molar-refractivity contribution is -0.113. The summed E-state index contributed by atoms with van der Waals surface area (Å²) in [5, 5.41) is 6.67. The van der Waals surface area contributed by atoms with Crippen molar-refractivity contribution in [1.29, 1.82) is 0 Å². The maximum Gasteiger partial charge on any atom is 0.259 e. The average Bonchev–Trinajstić information content (AvgIpc) is 3.30. The molecule has 0 bridgehead atoms. The third-order valence-corrected chi connectivity index (χ3v) is 9.72. The van der Waals surface area contributed by atoms with Crippen LogP contribution in [0.4, 0.5) is 28.4 Å². The van der Waals surface area contributed by atoms with Crippen LogP contribution in [0.5, 0.6) is 0 Å². The Morgan fingerprint density at radius 3 is 1.92 bits per heavy atom. The molecule has 0 radical (unpaired) electrons. The van der Waals surface area contributed by atoms with Crippen molar-refractivity contribution in [2.24, 2.45) is 28.9 Å². The van der Waals surface area contributed by atoms with Crippen molar-refractivity contribution in [2.45, 2.75) is 43.6 Å². The number of nitrogens with two attached hydrogens (primary N) is 4. The minimum atomic E-state index is -0.243. The van der Waals surface area contributed by atoms with Crippen LogP contribution in [0.2, 0.25) is 0 Å². The maximum atomic E-state index is 13.8. The second-order valence-electron chi connectivity index (χ2n) is 14.0. The Labute approximate surface area is 300 Å². The van der Waals surface area contributed by atoms with Gasteiger partial charge in [-0.25, -0.2) is 0 Å². The maximum absolute atomic E-state index is 13.8. The van der Waals surface area contributed by atoms with Crippen molar-refractivity contribution >= 4 is 34.3 Å². The van der Waals surface area contributed by atoms with Gasteiger partial charge in [-0.15, -0.1) is 0 Å². The van der Waals surface area contributed by atoms with Gasteiger partial charge < -0.3 is 48.1 Å². The van der Waals surface area contributed by atoms with E-state index in [-0.39, 0.29) is 36.0 Å². The second-order valence-corrected chi connectivity index (χ2v) is 14.0. The van der Waals surface area contributed by atoms with Gasteiger partial charge in [0.05, 0.1) is 5.57 Å². The minimum Gasteiger partial charge on any atom is -0.488 e. The predicted octanol–water partition coefficient (Wildman–Crippen LogP) is 4.81. The molecular weight excluding hydrogens is 637 g/mol. The fraction of sp³-hybridized carbons (Fsp3) is 0.293. The van der Waals surface area contributed by atoms with E-state index in [1.165, 1.54) is 0 Å². The normalized spacial score (nSPS) is 24.5. The molecule has 264 valence electrons. The third kappa shape index (κ3) is 8.44. The van der Waals surface area contributed by atoms with E-state index in [0.717, 1.165) is 72.9 Å². The number of carbonyl (C=O) groups is 1. The van der Waals surface area contributed by atoms with Crippen LogP contribution in [-0.4, -0.2) is 56.3 Å². The number of fused-ring (bicyclic) bond motifs is 1. The number of benzene rings is 3. The Balaban J connectivity index is 1.09. The Kier molecular flexibility index (Phi) is 10.4. The second kappa shape index (κ2) is 15.4. The van der Waals surface area contributed by atoms with E-state index in [9.17, 15) is 4.79 Å². The average molecular weight is 685 g/mol. The van der Waals surface area contributed by atoms with Gasteiger partial charge in [0.15, 0.2) is 0 Å². The number of piperidine rings is 2. The number of nitrogens with one attached hydrogen (secondary N) is 2. The van der Waals surface area contributed by atoms with Crippen LogP contribution in [0, 0.1) is 5.92 Å². The monoisotopic (exact) mass is 684 g/mol. The Bertz CT molecular complexity index is 1800. The van der Waals surface area contributed by atoms with Crippen LogP contribution in [0.15, 0.2) is 132 Å². The van der Waals surface area contributed by atoms with Crippen molar-refractivity contribution < 1.29 is 9.53 Å². The molecule has 0 spiro atoms. The van der Waals surface area contributed by atoms with Gasteiger partial charge in [0.2, 0.25) is 0 Å². The number of nitrogens with zero attached hydrogens (tertiary/aromatic N) is 2. The summed E-state index contributed by atoms with van der Waals surface area (Å²) in [6.07, 6.45) is 15.6. The van der Waals surface area contributed by atoms with Gasteiger partial charge in [-0.2, -0.15) is 0 Å². The van der Waals surface area contributed by atoms with Crippen molar-refractivity contribution in [3.63, 3.8) is 0 Å². The van der Waals surface area contributed by atoms with Crippen LogP contribution in [0.1, 0.15) is 18.4 Å². The minimum absolute atomic E-state index is 0.0123. The summed E-state index contributed by atoms with van der Waals surface area (Å²) in [5.74, 6) is 0.360. The lowest BCUT2D eigenvalue weighted by Crippen LogP contribution is -2.53. The van der Waals surface area contributed by atoms with Gasteiger partial charge in [0.25, 0.3) is 5.91 Å². The number of carbonyl (C=O) groups excluding carboxylic acids is 1. The van der Waals surface area contributed by atoms with Gasteiger partial charge in [-0.1, -0.05) is 66.8 Å². The molecule has 2 aliphatic heterocycles. The van der Waals surface area contributed by atoms with Crippen molar-refractivity contribution in [3.05, 3.63) is 138 Å². The zero-order chi connectivity index (χ0) is 35.3. The van der Waals surface area contributed by atoms with Gasteiger partial charge in [-0.05, 0) is 66.9 Å². The van der Waals surface area contributed by atoms with Crippen LogP contribution in [0.25, 0.3) is 0 Å². The van der Waals surface area contributed by atoms with Crippen molar-refractivity contribution in [1.82, 2.24) is 0 Å². The van der Waals surface area contributed by atoms with Crippen molar-refractivity contribution in [2.75, 3.05) is 46.6 Å². The van der Waals surface area contributed by atoms with Gasteiger partial charge in [0.1, 0.15) is 12.4 Å². The lowest BCUT2D eigenvalue weighted by Gasteiger charge is -2.39. The summed E-state index contributed by atoms with van der Waals surface area (Å²) in [6, 6.07) is 24.2. The van der Waals surface area contributed by atoms with Gasteiger partial charge in [0, 0.05) is 90.3 Å². The fourth-order valence-electron chi connectivity index (χ4n) is 7.34. The SMILES string of the molecule is NC1CC(N)CN(c2cc(Nc3ccc(NC(=O)C4=CC=CC5C=CC=CC5=C4OCc4ccccc4)cc3)cc(N3CC(N)CC(N)C3)c2)C1. The molecule has 51 heavy (non-hydrogen) atoms. The van der Waals surface area contributed by atoms with E-state index in [2.05, 4.69) is 50.8 Å². The topological polar surface area (TPSA) is 161 Å². The summed E-state index contributed by atoms with van der Waals surface area (Å²) < 4.78 is 6.39. The highest BCUT2D eigenvalue weighted by Crippen LogP contribution is 2.34. The first-order valence-electron chi connectivity index (χ1n) is 17.8. The molecule has 1 amide bonds. The summed E-state index contributed by atoms with van der Waals surface area (Å²) in [5.41, 5.74) is 32.5. The molecule has 5 atom stereocenters. The summed E-state index contributed by atoms with van der Waals surface area (Å²) in [6.45, 7) is 3.30. The Morgan fingerprint density at radius 2 is 1.29 bits per heavy atom. The van der Waals surface area contributed by atoms with E-state index in [4.69, 9.17) is 27.7 Å². The largest absolute Gasteiger partial charge is 0.488 e. The molecule has 4 aliphatic rings. The standard InChI is InChI=1S/C41H48N8O2/c42-29-17-30(43)23-48(22-29)36-19-35(20-37(21-36)49-24-31(44)18-32(45)25-49)46-33-13-15-34(16-14-33)47-41(50)39-12-6-10-28-9-4-5-11-38(28)40(39)51-26-27-7-2-1-3-8-27/h1-16,19-21,28-32,46H,17-18,22-26,42-45H2,(H,47,50). The molecule has 2 heterocycles. The zero-order valence-corrected chi connectivity index (χ0v) is 28.8. The van der Waals surface area contributed by atoms with Crippen LogP contribution in [-0.2, 0) is 16.1 Å². The van der Waals surface area contributed by atoms with E-state index < -0.39 is 0 Å². The molecule has 2 saturated heterocycles. The molecule has 0 aromatic heterocycles. The summed E-state index contributed by atoms with van der Waals surface area (Å²) in [4.78, 5) is 18.4. The first kappa shape index (κ1) is 34.3.